The Kier molecular flexibility index (Phi) is 6.03. The van der Waals surface area contributed by atoms with Gasteiger partial charge in [0.1, 0.15) is 11.5 Å². The smallest absolute Gasteiger partial charge is 0.263 e. The van der Waals surface area contributed by atoms with Crippen LogP contribution in [0, 0.1) is 0 Å². The summed E-state index contributed by atoms with van der Waals surface area (Å²) in [6.07, 6.45) is 0.102. The van der Waals surface area contributed by atoms with Gasteiger partial charge in [0.05, 0.1) is 7.11 Å². The summed E-state index contributed by atoms with van der Waals surface area (Å²) in [7, 11) is 3.40. The van der Waals surface area contributed by atoms with Crippen LogP contribution in [0.15, 0.2) is 54.6 Å². The van der Waals surface area contributed by atoms with Gasteiger partial charge in [-0.1, -0.05) is 43.3 Å². The van der Waals surface area contributed by atoms with E-state index < -0.39 is 6.10 Å². The van der Waals surface area contributed by atoms with Gasteiger partial charge in [-0.2, -0.15) is 0 Å². The van der Waals surface area contributed by atoms with E-state index in [0.29, 0.717) is 24.5 Å². The molecule has 0 heterocycles. The molecule has 0 aromatic heterocycles. The standard InChI is InChI=1S/C19H23NO3/c1-4-18(23-17-12-8-11-16(13-17)22-3)19(21)20(2)14-15-9-6-5-7-10-15/h5-13,18H,4,14H2,1-3H3. The number of hydrogen-bond donors (Lipinski definition) is 0. The van der Waals surface area contributed by atoms with Crippen molar-refractivity contribution in [1.82, 2.24) is 4.90 Å². The molecule has 0 radical (unpaired) electrons. The topological polar surface area (TPSA) is 38.8 Å². The van der Waals surface area contributed by atoms with Crippen LogP contribution in [0.25, 0.3) is 0 Å². The van der Waals surface area contributed by atoms with Gasteiger partial charge in [0.2, 0.25) is 0 Å². The SMILES string of the molecule is CCC(Oc1cccc(OC)c1)C(=O)N(C)Cc1ccccc1. The fourth-order valence-corrected chi connectivity index (χ4v) is 2.33. The van der Waals surface area contributed by atoms with Crippen LogP contribution < -0.4 is 9.47 Å². The van der Waals surface area contributed by atoms with Crippen molar-refractivity contribution in [2.75, 3.05) is 14.2 Å². The van der Waals surface area contributed by atoms with E-state index in [-0.39, 0.29) is 5.91 Å². The molecule has 0 fully saturated rings. The third-order valence-corrected chi connectivity index (χ3v) is 3.60. The highest BCUT2D eigenvalue weighted by molar-refractivity contribution is 5.81. The number of methoxy groups -OCH3 is 1. The van der Waals surface area contributed by atoms with Gasteiger partial charge in [-0.3, -0.25) is 4.79 Å². The fraction of sp³-hybridized carbons (Fsp3) is 0.316. The molecule has 0 aliphatic rings. The second-order valence-electron chi connectivity index (χ2n) is 5.37. The monoisotopic (exact) mass is 313 g/mol. The normalized spacial score (nSPS) is 11.6. The minimum absolute atomic E-state index is 0.0285. The van der Waals surface area contributed by atoms with E-state index in [4.69, 9.17) is 9.47 Å². The first kappa shape index (κ1) is 16.9. The zero-order valence-electron chi connectivity index (χ0n) is 13.9. The predicted octanol–water partition coefficient (Wildman–Crippen LogP) is 3.51. The van der Waals surface area contributed by atoms with Crippen LogP contribution in [0.3, 0.4) is 0 Å². The van der Waals surface area contributed by atoms with Crippen LogP contribution >= 0.6 is 0 Å². The molecule has 0 aliphatic heterocycles. The lowest BCUT2D eigenvalue weighted by Gasteiger charge is -2.24. The number of rotatable bonds is 7. The van der Waals surface area contributed by atoms with Crippen molar-refractivity contribution in [2.24, 2.45) is 0 Å². The van der Waals surface area contributed by atoms with E-state index in [9.17, 15) is 4.79 Å². The first-order valence-electron chi connectivity index (χ1n) is 7.73. The van der Waals surface area contributed by atoms with Gasteiger partial charge in [-0.05, 0) is 24.1 Å². The quantitative estimate of drug-likeness (QED) is 0.785. The van der Waals surface area contributed by atoms with E-state index in [1.165, 1.54) is 0 Å². The lowest BCUT2D eigenvalue weighted by molar-refractivity contribution is -0.138. The van der Waals surface area contributed by atoms with Gasteiger partial charge in [-0.25, -0.2) is 0 Å². The third kappa shape index (κ3) is 4.74. The number of nitrogens with zero attached hydrogens (tertiary/aromatic N) is 1. The Bertz CT molecular complexity index is 628. The summed E-state index contributed by atoms with van der Waals surface area (Å²) >= 11 is 0. The number of hydrogen-bond acceptors (Lipinski definition) is 3. The van der Waals surface area contributed by atoms with Gasteiger partial charge in [0.25, 0.3) is 5.91 Å². The molecule has 4 heteroatoms. The van der Waals surface area contributed by atoms with Gasteiger partial charge >= 0.3 is 0 Å². The Hall–Kier alpha value is -2.49. The van der Waals surface area contributed by atoms with Crippen LogP contribution in [-0.4, -0.2) is 31.1 Å². The lowest BCUT2D eigenvalue weighted by atomic mass is 10.2. The second-order valence-corrected chi connectivity index (χ2v) is 5.37. The zero-order valence-corrected chi connectivity index (χ0v) is 13.9. The number of likely N-dealkylation sites (N-methyl/N-ethyl adjacent to an activating group) is 1. The van der Waals surface area contributed by atoms with Crippen LogP contribution in [0.5, 0.6) is 11.5 Å². The average Bonchev–Trinajstić information content (AvgIpc) is 2.60. The number of carbonyl (C=O) groups excluding carboxylic acids is 1. The molecule has 0 spiro atoms. The largest absolute Gasteiger partial charge is 0.497 e. The van der Waals surface area contributed by atoms with E-state index >= 15 is 0 Å². The van der Waals surface area contributed by atoms with Crippen LogP contribution in [0.2, 0.25) is 0 Å². The first-order chi connectivity index (χ1) is 11.1. The van der Waals surface area contributed by atoms with Crippen LogP contribution in [-0.2, 0) is 11.3 Å². The number of amides is 1. The zero-order chi connectivity index (χ0) is 16.7. The highest BCUT2D eigenvalue weighted by Crippen LogP contribution is 2.21. The Balaban J connectivity index is 2.02. The highest BCUT2D eigenvalue weighted by atomic mass is 16.5. The summed E-state index contributed by atoms with van der Waals surface area (Å²) in [4.78, 5) is 14.3. The number of ether oxygens (including phenoxy) is 2. The molecule has 2 aromatic rings. The van der Waals surface area contributed by atoms with E-state index in [1.807, 2.05) is 55.5 Å². The van der Waals surface area contributed by atoms with Crippen LogP contribution in [0.1, 0.15) is 18.9 Å². The molecule has 0 saturated heterocycles. The van der Waals surface area contributed by atoms with E-state index in [2.05, 4.69) is 0 Å². The third-order valence-electron chi connectivity index (χ3n) is 3.60. The maximum absolute atomic E-state index is 12.6. The van der Waals surface area contributed by atoms with Crippen molar-refractivity contribution in [2.45, 2.75) is 26.0 Å². The molecule has 1 atom stereocenters. The molecule has 1 amide bonds. The van der Waals surface area contributed by atoms with Crippen molar-refractivity contribution in [3.8, 4) is 11.5 Å². The fourth-order valence-electron chi connectivity index (χ4n) is 2.33. The molecular weight excluding hydrogens is 290 g/mol. The molecule has 23 heavy (non-hydrogen) atoms. The van der Waals surface area contributed by atoms with Crippen LogP contribution in [0.4, 0.5) is 0 Å². The number of carbonyl (C=O) groups is 1. The van der Waals surface area contributed by atoms with Crippen molar-refractivity contribution >= 4 is 5.91 Å². The number of benzene rings is 2. The van der Waals surface area contributed by atoms with E-state index in [0.717, 1.165) is 5.56 Å². The maximum atomic E-state index is 12.6. The molecule has 0 bridgehead atoms. The van der Waals surface area contributed by atoms with E-state index in [1.54, 1.807) is 25.1 Å². The van der Waals surface area contributed by atoms with Gasteiger partial charge in [0.15, 0.2) is 6.10 Å². The lowest BCUT2D eigenvalue weighted by Crippen LogP contribution is -2.39. The summed E-state index contributed by atoms with van der Waals surface area (Å²) in [5.41, 5.74) is 1.10. The van der Waals surface area contributed by atoms with Gasteiger partial charge in [0, 0.05) is 19.7 Å². The summed E-state index contributed by atoms with van der Waals surface area (Å²) in [6.45, 7) is 2.51. The first-order valence-corrected chi connectivity index (χ1v) is 7.73. The summed E-state index contributed by atoms with van der Waals surface area (Å²) in [5, 5.41) is 0. The molecular formula is C19H23NO3. The average molecular weight is 313 g/mol. The Labute approximate surface area is 137 Å². The van der Waals surface area contributed by atoms with Gasteiger partial charge < -0.3 is 14.4 Å². The second kappa shape index (κ2) is 8.22. The molecule has 2 aromatic carbocycles. The van der Waals surface area contributed by atoms with Crippen molar-refractivity contribution in [3.05, 3.63) is 60.2 Å². The predicted molar refractivity (Wildman–Crippen MR) is 90.6 cm³/mol. The Morgan fingerprint density at radius 1 is 1.09 bits per heavy atom. The summed E-state index contributed by atoms with van der Waals surface area (Å²) in [6, 6.07) is 17.2. The maximum Gasteiger partial charge on any atom is 0.263 e. The summed E-state index contributed by atoms with van der Waals surface area (Å²) in [5.74, 6) is 1.32. The van der Waals surface area contributed by atoms with Crippen molar-refractivity contribution in [3.63, 3.8) is 0 Å². The minimum atomic E-state index is -0.504. The van der Waals surface area contributed by atoms with Crippen molar-refractivity contribution < 1.29 is 14.3 Å². The molecule has 122 valence electrons. The molecule has 0 aliphatic carbocycles. The highest BCUT2D eigenvalue weighted by Gasteiger charge is 2.22. The molecule has 0 N–H and O–H groups in total. The molecule has 2 rings (SSSR count). The van der Waals surface area contributed by atoms with Crippen molar-refractivity contribution in [1.29, 1.82) is 0 Å². The van der Waals surface area contributed by atoms with Gasteiger partial charge in [-0.15, -0.1) is 0 Å². The molecule has 1 unspecified atom stereocenters. The minimum Gasteiger partial charge on any atom is -0.497 e. The Morgan fingerprint density at radius 3 is 2.43 bits per heavy atom. The molecule has 0 saturated carbocycles. The molecule has 4 nitrogen and oxygen atoms in total. The summed E-state index contributed by atoms with van der Waals surface area (Å²) < 4.78 is 11.0. The Morgan fingerprint density at radius 2 is 1.78 bits per heavy atom.